The zero-order valence-electron chi connectivity index (χ0n) is 20.0. The van der Waals surface area contributed by atoms with Gasteiger partial charge in [0.05, 0.1) is 11.3 Å². The van der Waals surface area contributed by atoms with E-state index in [1.54, 1.807) is 19.1 Å². The number of carbonyl (C=O) groups is 2. The fraction of sp³-hybridized carbons (Fsp3) is 0.214. The molecule has 0 saturated carbocycles. The van der Waals surface area contributed by atoms with E-state index in [1.807, 2.05) is 67.6 Å². The van der Waals surface area contributed by atoms with Gasteiger partial charge in [-0.2, -0.15) is 0 Å². The Labute approximate surface area is 215 Å². The zero-order chi connectivity index (χ0) is 25.9. The molecule has 1 aliphatic rings. The van der Waals surface area contributed by atoms with E-state index in [-0.39, 0.29) is 17.2 Å². The first-order valence-corrected chi connectivity index (χ1v) is 14.3. The molecule has 1 saturated heterocycles. The lowest BCUT2D eigenvalue weighted by Gasteiger charge is -2.44. The van der Waals surface area contributed by atoms with Crippen LogP contribution in [0.25, 0.3) is 0 Å². The van der Waals surface area contributed by atoms with Gasteiger partial charge >= 0.3 is 5.97 Å². The summed E-state index contributed by atoms with van der Waals surface area (Å²) in [6.45, 7) is 7.42. The molecule has 4 rings (SSSR count). The first kappa shape index (κ1) is 25.7. The number of rotatable bonds is 9. The molecular weight excluding hydrogens is 494 g/mol. The predicted molar refractivity (Wildman–Crippen MR) is 141 cm³/mol. The van der Waals surface area contributed by atoms with Gasteiger partial charge in [0.1, 0.15) is 5.37 Å². The number of aryl methyl sites for hydroxylation is 1. The maximum absolute atomic E-state index is 13.5. The maximum atomic E-state index is 13.5. The van der Waals surface area contributed by atoms with Gasteiger partial charge in [0, 0.05) is 0 Å². The minimum atomic E-state index is -3.75. The normalized spacial score (nSPS) is 16.4. The van der Waals surface area contributed by atoms with Crippen molar-refractivity contribution in [3.05, 3.63) is 114 Å². The Balaban J connectivity index is 1.58. The highest BCUT2D eigenvalue weighted by molar-refractivity contribution is 8.72. The van der Waals surface area contributed by atoms with E-state index >= 15 is 0 Å². The molecule has 3 aromatic rings. The minimum Gasteiger partial charge on any atom is -0.451 e. The smallest absolute Gasteiger partial charge is 0.334 e. The second kappa shape index (κ2) is 10.7. The van der Waals surface area contributed by atoms with Gasteiger partial charge in [0.15, 0.2) is 12.1 Å². The summed E-state index contributed by atoms with van der Waals surface area (Å²) in [5, 5.41) is -0.732. The van der Waals surface area contributed by atoms with Crippen molar-refractivity contribution in [3.8, 4) is 0 Å². The molecule has 0 N–H and O–H groups in total. The Morgan fingerprint density at radius 1 is 0.972 bits per heavy atom. The van der Waals surface area contributed by atoms with Crippen molar-refractivity contribution in [2.75, 3.05) is 0 Å². The Kier molecular flexibility index (Phi) is 7.66. The van der Waals surface area contributed by atoms with Gasteiger partial charge in [0.2, 0.25) is 14.8 Å². The first-order chi connectivity index (χ1) is 17.2. The van der Waals surface area contributed by atoms with E-state index in [0.717, 1.165) is 16.7 Å². The number of carbonyl (C=O) groups excluding carboxylic acids is 2. The lowest BCUT2D eigenvalue weighted by atomic mass is 10.00. The number of β-lactam (4-membered cyclic amide) rings is 1. The molecule has 1 aliphatic heterocycles. The largest absolute Gasteiger partial charge is 0.451 e. The van der Waals surface area contributed by atoms with Gasteiger partial charge in [-0.05, 0) is 53.5 Å². The van der Waals surface area contributed by atoms with E-state index in [9.17, 15) is 18.0 Å². The number of hydrogen-bond donors (Lipinski definition) is 0. The second-order valence-corrected chi connectivity index (χ2v) is 12.7. The van der Waals surface area contributed by atoms with Crippen LogP contribution < -0.4 is 0 Å². The number of ether oxygens (including phenoxy) is 1. The molecule has 8 heteroatoms. The standard InChI is InChI=1S/C28H27NO5S2/c1-19(2)26(28(31)34-27(21-10-6-4-7-11-21)22-12-8-5-9-13-22)29-24(30)18-25(29)35-36(32,33)23-16-14-20(3)15-17-23/h4-17,25-27H,1,18H2,2-3H3/t25-,26-/m1/s1. The van der Waals surface area contributed by atoms with Gasteiger partial charge in [-0.15, -0.1) is 0 Å². The van der Waals surface area contributed by atoms with Gasteiger partial charge < -0.3 is 9.64 Å². The van der Waals surface area contributed by atoms with Crippen molar-refractivity contribution in [1.29, 1.82) is 0 Å². The molecule has 1 heterocycles. The van der Waals surface area contributed by atoms with E-state index in [0.29, 0.717) is 16.4 Å². The summed E-state index contributed by atoms with van der Waals surface area (Å²) in [7, 11) is -3.08. The summed E-state index contributed by atoms with van der Waals surface area (Å²) in [6, 6.07) is 24.0. The van der Waals surface area contributed by atoms with Crippen LogP contribution in [0.3, 0.4) is 0 Å². The average Bonchev–Trinajstić information content (AvgIpc) is 2.86. The van der Waals surface area contributed by atoms with Gasteiger partial charge in [-0.3, -0.25) is 4.79 Å². The number of nitrogens with zero attached hydrogens (tertiary/aromatic N) is 1. The van der Waals surface area contributed by atoms with Crippen molar-refractivity contribution in [3.63, 3.8) is 0 Å². The Morgan fingerprint density at radius 3 is 1.97 bits per heavy atom. The van der Waals surface area contributed by atoms with E-state index in [2.05, 4.69) is 6.58 Å². The summed E-state index contributed by atoms with van der Waals surface area (Å²) in [5.41, 5.74) is 2.89. The highest BCUT2D eigenvalue weighted by Gasteiger charge is 2.47. The molecule has 0 bridgehead atoms. The Morgan fingerprint density at radius 2 is 1.50 bits per heavy atom. The number of benzene rings is 3. The van der Waals surface area contributed by atoms with Gasteiger partial charge in [-0.25, -0.2) is 13.2 Å². The number of hydrogen-bond acceptors (Lipinski definition) is 6. The highest BCUT2D eigenvalue weighted by atomic mass is 33.1. The third kappa shape index (κ3) is 5.55. The summed E-state index contributed by atoms with van der Waals surface area (Å²) in [6.07, 6.45) is -0.686. The fourth-order valence-corrected chi connectivity index (χ4v) is 7.46. The maximum Gasteiger partial charge on any atom is 0.334 e. The van der Waals surface area contributed by atoms with Crippen LogP contribution in [-0.2, 0) is 23.2 Å². The van der Waals surface area contributed by atoms with Crippen LogP contribution in [0.15, 0.2) is 102 Å². The molecule has 0 unspecified atom stereocenters. The molecule has 0 aliphatic carbocycles. The molecule has 36 heavy (non-hydrogen) atoms. The quantitative estimate of drug-likeness (QED) is 0.166. The average molecular weight is 522 g/mol. The monoisotopic (exact) mass is 521 g/mol. The lowest BCUT2D eigenvalue weighted by molar-refractivity contribution is -0.162. The van der Waals surface area contributed by atoms with Crippen molar-refractivity contribution in [2.24, 2.45) is 0 Å². The number of esters is 1. The summed E-state index contributed by atoms with van der Waals surface area (Å²) in [4.78, 5) is 27.6. The molecule has 186 valence electrons. The molecule has 6 nitrogen and oxygen atoms in total. The van der Waals surface area contributed by atoms with Crippen LogP contribution in [0.2, 0.25) is 0 Å². The number of amides is 1. The van der Waals surface area contributed by atoms with E-state index in [1.165, 1.54) is 17.0 Å². The minimum absolute atomic E-state index is 0.00756. The highest BCUT2D eigenvalue weighted by Crippen LogP contribution is 2.40. The van der Waals surface area contributed by atoms with Crippen molar-refractivity contribution in [2.45, 2.75) is 42.7 Å². The van der Waals surface area contributed by atoms with Crippen LogP contribution in [0, 0.1) is 6.92 Å². The summed E-state index contributed by atoms with van der Waals surface area (Å²) in [5.74, 6) is -0.987. The third-order valence-corrected chi connectivity index (χ3v) is 9.62. The van der Waals surface area contributed by atoms with Gasteiger partial charge in [-0.1, -0.05) is 84.9 Å². The van der Waals surface area contributed by atoms with Crippen molar-refractivity contribution >= 4 is 31.5 Å². The predicted octanol–water partition coefficient (Wildman–Crippen LogP) is 5.25. The zero-order valence-corrected chi connectivity index (χ0v) is 21.7. The molecule has 1 fully saturated rings. The first-order valence-electron chi connectivity index (χ1n) is 11.4. The molecule has 0 aromatic heterocycles. The van der Waals surface area contributed by atoms with E-state index in [4.69, 9.17) is 4.74 Å². The molecule has 1 amide bonds. The van der Waals surface area contributed by atoms with Crippen molar-refractivity contribution < 1.29 is 22.7 Å². The summed E-state index contributed by atoms with van der Waals surface area (Å²) < 4.78 is 32.0. The molecule has 3 aromatic carbocycles. The van der Waals surface area contributed by atoms with Crippen LogP contribution >= 0.6 is 10.8 Å². The molecule has 0 radical (unpaired) electrons. The van der Waals surface area contributed by atoms with Crippen LogP contribution in [0.1, 0.15) is 36.1 Å². The van der Waals surface area contributed by atoms with Crippen molar-refractivity contribution in [1.82, 2.24) is 4.90 Å². The second-order valence-electron chi connectivity index (χ2n) is 8.71. The van der Waals surface area contributed by atoms with Crippen LogP contribution in [0.5, 0.6) is 0 Å². The third-order valence-electron chi connectivity index (χ3n) is 5.90. The Bertz CT molecular complexity index is 1320. The Hall–Kier alpha value is -3.36. The lowest BCUT2D eigenvalue weighted by Crippen LogP contribution is -2.59. The van der Waals surface area contributed by atoms with Gasteiger partial charge in [0.25, 0.3) is 0 Å². The SMILES string of the molecule is C=C(C)[C@H](C(=O)OC(c1ccccc1)c1ccccc1)N1C(=O)C[C@H]1SS(=O)(=O)c1ccc(C)cc1. The van der Waals surface area contributed by atoms with E-state index < -0.39 is 32.4 Å². The summed E-state index contributed by atoms with van der Waals surface area (Å²) >= 11 is 0. The molecule has 0 spiro atoms. The van der Waals surface area contributed by atoms with Crippen LogP contribution in [-0.4, -0.2) is 36.6 Å². The number of likely N-dealkylation sites (tertiary alicyclic amines) is 1. The molecule has 2 atom stereocenters. The topological polar surface area (TPSA) is 80.8 Å². The molecular formula is C28H27NO5S2. The van der Waals surface area contributed by atoms with Crippen LogP contribution in [0.4, 0.5) is 0 Å². The fourth-order valence-electron chi connectivity index (χ4n) is 4.02.